The van der Waals surface area contributed by atoms with E-state index in [0.29, 0.717) is 17.5 Å². The second-order valence-electron chi connectivity index (χ2n) is 5.32. The Labute approximate surface area is 147 Å². The fourth-order valence-corrected chi connectivity index (χ4v) is 2.18. The highest BCUT2D eigenvalue weighted by Gasteiger charge is 2.29. The molecule has 0 saturated carbocycles. The highest BCUT2D eigenvalue weighted by molar-refractivity contribution is 5.60. The van der Waals surface area contributed by atoms with Crippen LogP contribution in [0.2, 0.25) is 0 Å². The predicted molar refractivity (Wildman–Crippen MR) is 93.0 cm³/mol. The monoisotopic (exact) mass is 360 g/mol. The maximum atomic E-state index is 12.6. The molecule has 0 aliphatic heterocycles. The van der Waals surface area contributed by atoms with Crippen LogP contribution in [0.5, 0.6) is 5.75 Å². The lowest BCUT2D eigenvalue weighted by molar-refractivity contribution is -0.137. The molecule has 1 heterocycles. The molecule has 2 N–H and O–H groups in total. The third kappa shape index (κ3) is 4.41. The van der Waals surface area contributed by atoms with Gasteiger partial charge in [-0.2, -0.15) is 18.2 Å². The van der Waals surface area contributed by atoms with Crippen molar-refractivity contribution in [1.29, 1.82) is 0 Å². The van der Waals surface area contributed by atoms with Crippen LogP contribution in [0, 0.1) is 0 Å². The number of nitrogens with one attached hydrogen (secondary N) is 2. The van der Waals surface area contributed by atoms with E-state index in [9.17, 15) is 13.2 Å². The first-order chi connectivity index (χ1) is 12.4. The smallest absolute Gasteiger partial charge is 0.416 e. The van der Waals surface area contributed by atoms with Crippen molar-refractivity contribution in [2.24, 2.45) is 0 Å². The molecule has 8 heteroatoms. The topological polar surface area (TPSA) is 59.1 Å². The summed E-state index contributed by atoms with van der Waals surface area (Å²) in [5.74, 6) is 1.54. The Morgan fingerprint density at radius 1 is 0.846 bits per heavy atom. The van der Waals surface area contributed by atoms with Gasteiger partial charge in [-0.1, -0.05) is 0 Å². The maximum Gasteiger partial charge on any atom is 0.416 e. The minimum absolute atomic E-state index is 0.354. The molecule has 1 aromatic heterocycles. The van der Waals surface area contributed by atoms with Crippen molar-refractivity contribution in [2.45, 2.75) is 6.18 Å². The normalized spacial score (nSPS) is 11.1. The van der Waals surface area contributed by atoms with Crippen molar-refractivity contribution in [2.75, 3.05) is 17.7 Å². The molecule has 0 radical (unpaired) electrons. The molecule has 0 saturated heterocycles. The Hall–Kier alpha value is -3.29. The van der Waals surface area contributed by atoms with Gasteiger partial charge in [-0.3, -0.25) is 0 Å². The molecule has 0 aliphatic rings. The van der Waals surface area contributed by atoms with E-state index in [0.717, 1.165) is 23.6 Å². The number of alkyl halides is 3. The van der Waals surface area contributed by atoms with Crippen molar-refractivity contribution in [3.8, 4) is 5.75 Å². The van der Waals surface area contributed by atoms with Gasteiger partial charge in [0.05, 0.1) is 12.7 Å². The van der Waals surface area contributed by atoms with Crippen LogP contribution in [0.25, 0.3) is 0 Å². The van der Waals surface area contributed by atoms with Crippen LogP contribution in [0.4, 0.5) is 36.3 Å². The number of hydrogen-bond donors (Lipinski definition) is 2. The maximum absolute atomic E-state index is 12.6. The third-order valence-electron chi connectivity index (χ3n) is 3.49. The number of aromatic nitrogens is 2. The lowest BCUT2D eigenvalue weighted by Crippen LogP contribution is -2.04. The Balaban J connectivity index is 1.70. The van der Waals surface area contributed by atoms with Gasteiger partial charge in [-0.05, 0) is 54.6 Å². The quantitative estimate of drug-likeness (QED) is 0.671. The number of anilines is 4. The lowest BCUT2D eigenvalue weighted by atomic mass is 10.2. The van der Waals surface area contributed by atoms with Gasteiger partial charge in [0.15, 0.2) is 0 Å². The van der Waals surface area contributed by atoms with Gasteiger partial charge >= 0.3 is 6.18 Å². The molecular formula is C18H15F3N4O. The number of hydrogen-bond acceptors (Lipinski definition) is 5. The summed E-state index contributed by atoms with van der Waals surface area (Å²) in [6.07, 6.45) is -2.81. The number of methoxy groups -OCH3 is 1. The summed E-state index contributed by atoms with van der Waals surface area (Å²) in [6.45, 7) is 0. The number of rotatable bonds is 5. The minimum atomic E-state index is -4.36. The summed E-state index contributed by atoms with van der Waals surface area (Å²) in [7, 11) is 1.59. The fraction of sp³-hybridized carbons (Fsp3) is 0.111. The molecule has 0 amide bonds. The molecule has 134 valence electrons. The molecule has 0 atom stereocenters. The van der Waals surface area contributed by atoms with E-state index < -0.39 is 11.7 Å². The standard InChI is InChI=1S/C18H15F3N4O/c1-26-15-8-6-14(7-9-15)24-17-22-11-10-16(25-17)23-13-4-2-12(3-5-13)18(19,20)21/h2-11H,1H3,(H2,22,23,24,25). The zero-order valence-electron chi connectivity index (χ0n) is 13.7. The summed E-state index contributed by atoms with van der Waals surface area (Å²) in [4.78, 5) is 8.41. The number of nitrogens with zero attached hydrogens (tertiary/aromatic N) is 2. The molecule has 0 aliphatic carbocycles. The van der Waals surface area contributed by atoms with Gasteiger partial charge in [0, 0.05) is 17.6 Å². The van der Waals surface area contributed by atoms with Crippen LogP contribution in [0.1, 0.15) is 5.56 Å². The SMILES string of the molecule is COc1ccc(Nc2nccc(Nc3ccc(C(F)(F)F)cc3)n2)cc1. The minimum Gasteiger partial charge on any atom is -0.497 e. The predicted octanol–water partition coefficient (Wildman–Crippen LogP) is 4.99. The van der Waals surface area contributed by atoms with Crippen LogP contribution in [0.3, 0.4) is 0 Å². The third-order valence-corrected chi connectivity index (χ3v) is 3.49. The Kier molecular flexibility index (Phi) is 4.92. The van der Waals surface area contributed by atoms with Crippen LogP contribution in [-0.2, 0) is 6.18 Å². The number of halogens is 3. The number of benzene rings is 2. The number of ether oxygens (including phenoxy) is 1. The van der Waals surface area contributed by atoms with Crippen molar-refractivity contribution in [3.63, 3.8) is 0 Å². The van der Waals surface area contributed by atoms with E-state index in [1.165, 1.54) is 12.1 Å². The molecule has 26 heavy (non-hydrogen) atoms. The summed E-state index contributed by atoms with van der Waals surface area (Å²) < 4.78 is 42.9. The highest BCUT2D eigenvalue weighted by atomic mass is 19.4. The van der Waals surface area contributed by atoms with Gasteiger partial charge < -0.3 is 15.4 Å². The molecule has 0 spiro atoms. The van der Waals surface area contributed by atoms with E-state index in [2.05, 4.69) is 20.6 Å². The molecule has 3 rings (SSSR count). The first-order valence-corrected chi connectivity index (χ1v) is 7.62. The fourth-order valence-electron chi connectivity index (χ4n) is 2.18. The second-order valence-corrected chi connectivity index (χ2v) is 5.32. The van der Waals surface area contributed by atoms with Crippen LogP contribution < -0.4 is 15.4 Å². The Bertz CT molecular complexity index is 865. The van der Waals surface area contributed by atoms with Gasteiger partial charge in [0.1, 0.15) is 11.6 Å². The zero-order valence-corrected chi connectivity index (χ0v) is 13.7. The van der Waals surface area contributed by atoms with Crippen LogP contribution in [-0.4, -0.2) is 17.1 Å². The van der Waals surface area contributed by atoms with Crippen molar-refractivity contribution in [1.82, 2.24) is 9.97 Å². The van der Waals surface area contributed by atoms with E-state index in [-0.39, 0.29) is 0 Å². The largest absolute Gasteiger partial charge is 0.497 e. The first-order valence-electron chi connectivity index (χ1n) is 7.62. The zero-order chi connectivity index (χ0) is 18.6. The molecular weight excluding hydrogens is 345 g/mol. The average molecular weight is 360 g/mol. The van der Waals surface area contributed by atoms with E-state index in [1.807, 2.05) is 12.1 Å². The van der Waals surface area contributed by atoms with Crippen molar-refractivity contribution in [3.05, 3.63) is 66.4 Å². The van der Waals surface area contributed by atoms with Gasteiger partial charge in [-0.15, -0.1) is 0 Å². The molecule has 3 aromatic rings. The molecule has 0 unspecified atom stereocenters. The van der Waals surface area contributed by atoms with Gasteiger partial charge in [0.2, 0.25) is 5.95 Å². The molecule has 0 bridgehead atoms. The Morgan fingerprint density at radius 3 is 2.08 bits per heavy atom. The van der Waals surface area contributed by atoms with Crippen molar-refractivity contribution >= 4 is 23.1 Å². The Morgan fingerprint density at radius 2 is 1.46 bits per heavy atom. The molecule has 2 aromatic carbocycles. The van der Waals surface area contributed by atoms with E-state index in [4.69, 9.17) is 4.74 Å². The van der Waals surface area contributed by atoms with Crippen LogP contribution in [0.15, 0.2) is 60.8 Å². The van der Waals surface area contributed by atoms with Gasteiger partial charge in [-0.25, -0.2) is 4.98 Å². The van der Waals surface area contributed by atoms with E-state index in [1.54, 1.807) is 31.5 Å². The second kappa shape index (κ2) is 7.30. The summed E-state index contributed by atoms with van der Waals surface area (Å²) in [6, 6.07) is 13.6. The van der Waals surface area contributed by atoms with E-state index >= 15 is 0 Å². The summed E-state index contributed by atoms with van der Waals surface area (Å²) in [5, 5.41) is 5.99. The first kappa shape index (κ1) is 17.5. The highest BCUT2D eigenvalue weighted by Crippen LogP contribution is 2.30. The average Bonchev–Trinajstić information content (AvgIpc) is 2.62. The molecule has 5 nitrogen and oxygen atoms in total. The van der Waals surface area contributed by atoms with Crippen molar-refractivity contribution < 1.29 is 17.9 Å². The lowest BCUT2D eigenvalue weighted by Gasteiger charge is -2.10. The molecule has 0 fully saturated rings. The van der Waals surface area contributed by atoms with Crippen LogP contribution >= 0.6 is 0 Å². The van der Waals surface area contributed by atoms with Gasteiger partial charge in [0.25, 0.3) is 0 Å². The summed E-state index contributed by atoms with van der Waals surface area (Å²) >= 11 is 0. The summed E-state index contributed by atoms with van der Waals surface area (Å²) in [5.41, 5.74) is 0.567.